The number of carbonyl (C=O) groups is 2. The third-order valence-electron chi connectivity index (χ3n) is 3.87. The number of hydrogen-bond acceptors (Lipinski definition) is 7. The second-order valence-electron chi connectivity index (χ2n) is 6.81. The fourth-order valence-corrected chi connectivity index (χ4v) is 3.50. The van der Waals surface area contributed by atoms with E-state index in [0.717, 1.165) is 11.8 Å². The molecule has 0 saturated carbocycles. The molecule has 152 valence electrons. The van der Waals surface area contributed by atoms with Crippen molar-refractivity contribution in [1.82, 2.24) is 14.9 Å². The van der Waals surface area contributed by atoms with Gasteiger partial charge in [0.1, 0.15) is 0 Å². The summed E-state index contributed by atoms with van der Waals surface area (Å²) in [6, 6.07) is 4.48. The van der Waals surface area contributed by atoms with Gasteiger partial charge in [-0.1, -0.05) is 11.8 Å². The lowest BCUT2D eigenvalue weighted by Gasteiger charge is -2.18. The number of hydrogen-bond donors (Lipinski definition) is 2. The third kappa shape index (κ3) is 5.11. The molecular weight excluding hydrogens is 382 g/mol. The summed E-state index contributed by atoms with van der Waals surface area (Å²) in [7, 11) is 1.27. The number of carbonyl (C=O) groups excluding carboxylic acids is 2. The number of thioether (sulfide) groups is 1. The van der Waals surface area contributed by atoms with Gasteiger partial charge in [-0.05, 0) is 45.9 Å². The first-order valence-electron chi connectivity index (χ1n) is 8.92. The van der Waals surface area contributed by atoms with E-state index in [1.165, 1.54) is 29.9 Å². The molecule has 0 aliphatic rings. The molecule has 0 radical (unpaired) electrons. The molecular formula is C19H25N3O5S. The number of amides is 1. The van der Waals surface area contributed by atoms with Gasteiger partial charge in [0.2, 0.25) is 5.91 Å². The zero-order valence-electron chi connectivity index (χ0n) is 16.6. The summed E-state index contributed by atoms with van der Waals surface area (Å²) >= 11 is 1.12. The summed E-state index contributed by atoms with van der Waals surface area (Å²) in [6.07, 6.45) is -0.773. The van der Waals surface area contributed by atoms with Gasteiger partial charge in [0.15, 0.2) is 5.16 Å². The molecule has 0 unspecified atom stereocenters. The van der Waals surface area contributed by atoms with E-state index in [1.807, 2.05) is 13.8 Å². The van der Waals surface area contributed by atoms with Crippen LogP contribution in [-0.2, 0) is 16.1 Å². The summed E-state index contributed by atoms with van der Waals surface area (Å²) in [6.45, 7) is 7.06. The Balaban J connectivity index is 2.55. The number of methoxy groups -OCH3 is 1. The van der Waals surface area contributed by atoms with E-state index < -0.39 is 17.3 Å². The first-order valence-corrected chi connectivity index (χ1v) is 9.80. The summed E-state index contributed by atoms with van der Waals surface area (Å²) < 4.78 is 6.07. The van der Waals surface area contributed by atoms with Gasteiger partial charge in [-0.3, -0.25) is 14.2 Å². The Morgan fingerprint density at radius 2 is 1.96 bits per heavy atom. The fraction of sp³-hybridized carbons (Fsp3) is 0.474. The van der Waals surface area contributed by atoms with Crippen LogP contribution in [0.5, 0.6) is 0 Å². The van der Waals surface area contributed by atoms with E-state index in [4.69, 9.17) is 4.74 Å². The topological polar surface area (TPSA) is 111 Å². The molecule has 2 rings (SSSR count). The maximum Gasteiger partial charge on any atom is 0.337 e. The van der Waals surface area contributed by atoms with Crippen LogP contribution in [0.4, 0.5) is 0 Å². The Morgan fingerprint density at radius 1 is 1.29 bits per heavy atom. The van der Waals surface area contributed by atoms with E-state index in [-0.39, 0.29) is 29.6 Å². The predicted molar refractivity (Wildman–Crippen MR) is 108 cm³/mol. The van der Waals surface area contributed by atoms with Crippen LogP contribution in [0.3, 0.4) is 0 Å². The summed E-state index contributed by atoms with van der Waals surface area (Å²) in [5, 5.41) is 12.7. The molecule has 0 saturated heterocycles. The molecule has 2 N–H and O–H groups in total. The van der Waals surface area contributed by atoms with Crippen molar-refractivity contribution >= 4 is 34.5 Å². The fourth-order valence-electron chi connectivity index (χ4n) is 2.57. The zero-order chi connectivity index (χ0) is 21.0. The number of aliphatic hydroxyl groups excluding tert-OH is 1. The van der Waals surface area contributed by atoms with Gasteiger partial charge >= 0.3 is 5.97 Å². The minimum Gasteiger partial charge on any atom is -0.465 e. The maximum atomic E-state index is 12.9. The van der Waals surface area contributed by atoms with Crippen LogP contribution in [-0.4, -0.2) is 51.0 Å². The van der Waals surface area contributed by atoms with Crippen LogP contribution in [0, 0.1) is 0 Å². The zero-order valence-corrected chi connectivity index (χ0v) is 17.4. The van der Waals surface area contributed by atoms with Crippen LogP contribution in [0.25, 0.3) is 10.9 Å². The van der Waals surface area contributed by atoms with Crippen molar-refractivity contribution < 1.29 is 19.4 Å². The molecule has 1 aromatic carbocycles. The average Bonchev–Trinajstić information content (AvgIpc) is 2.62. The van der Waals surface area contributed by atoms with E-state index in [2.05, 4.69) is 10.3 Å². The average molecular weight is 407 g/mol. The number of nitrogens with zero attached hydrogens (tertiary/aromatic N) is 2. The molecule has 2 atom stereocenters. The Hall–Kier alpha value is -2.39. The minimum absolute atomic E-state index is 0.0117. The first-order chi connectivity index (χ1) is 13.1. The summed E-state index contributed by atoms with van der Waals surface area (Å²) in [5.74, 6) is -0.711. The number of aliphatic hydroxyl groups is 1. The molecule has 1 amide bonds. The number of ether oxygens (including phenoxy) is 1. The molecule has 1 heterocycles. The Bertz CT molecular complexity index is 939. The number of nitrogens with one attached hydrogen (secondary N) is 1. The normalized spacial score (nSPS) is 13.4. The van der Waals surface area contributed by atoms with Crippen LogP contribution in [0.2, 0.25) is 0 Å². The van der Waals surface area contributed by atoms with Gasteiger partial charge in [0.25, 0.3) is 5.56 Å². The highest BCUT2D eigenvalue weighted by Gasteiger charge is 2.21. The SMILES string of the molecule is COC(=O)c1ccc2c(=O)n(C[C@H](C)O)c(S[C@H](C)C(=O)NC(C)C)nc2c1. The highest BCUT2D eigenvalue weighted by Crippen LogP contribution is 2.23. The number of fused-ring (bicyclic) bond motifs is 1. The number of rotatable bonds is 7. The first kappa shape index (κ1) is 21.9. The van der Waals surface area contributed by atoms with E-state index in [1.54, 1.807) is 13.8 Å². The third-order valence-corrected chi connectivity index (χ3v) is 4.96. The van der Waals surface area contributed by atoms with Crippen molar-refractivity contribution in [3.05, 3.63) is 34.1 Å². The van der Waals surface area contributed by atoms with Gasteiger partial charge < -0.3 is 15.2 Å². The highest BCUT2D eigenvalue weighted by molar-refractivity contribution is 8.00. The van der Waals surface area contributed by atoms with Crippen molar-refractivity contribution in [2.24, 2.45) is 0 Å². The smallest absolute Gasteiger partial charge is 0.337 e. The molecule has 0 aliphatic carbocycles. The molecule has 28 heavy (non-hydrogen) atoms. The predicted octanol–water partition coefficient (Wildman–Crippen LogP) is 1.57. The van der Waals surface area contributed by atoms with Crippen LogP contribution >= 0.6 is 11.8 Å². The Morgan fingerprint density at radius 3 is 2.54 bits per heavy atom. The van der Waals surface area contributed by atoms with Crippen LogP contribution in [0.1, 0.15) is 38.1 Å². The van der Waals surface area contributed by atoms with Gasteiger partial charge in [-0.2, -0.15) is 0 Å². The van der Waals surface area contributed by atoms with E-state index in [9.17, 15) is 19.5 Å². The molecule has 0 spiro atoms. The molecule has 0 fully saturated rings. The number of aromatic nitrogens is 2. The summed E-state index contributed by atoms with van der Waals surface area (Å²) in [4.78, 5) is 41.5. The second-order valence-corrected chi connectivity index (χ2v) is 8.11. The number of benzene rings is 1. The largest absolute Gasteiger partial charge is 0.465 e. The van der Waals surface area contributed by atoms with Crippen molar-refractivity contribution in [3.8, 4) is 0 Å². The van der Waals surface area contributed by atoms with Crippen molar-refractivity contribution in [2.45, 2.75) is 56.8 Å². The monoisotopic (exact) mass is 407 g/mol. The van der Waals surface area contributed by atoms with Crippen molar-refractivity contribution in [1.29, 1.82) is 0 Å². The summed E-state index contributed by atoms with van der Waals surface area (Å²) in [5.41, 5.74) is 0.256. The van der Waals surface area contributed by atoms with Gasteiger partial charge in [0, 0.05) is 6.04 Å². The van der Waals surface area contributed by atoms with Crippen molar-refractivity contribution in [2.75, 3.05) is 7.11 Å². The lowest BCUT2D eigenvalue weighted by atomic mass is 10.1. The molecule has 0 bridgehead atoms. The molecule has 0 aliphatic heterocycles. The van der Waals surface area contributed by atoms with Crippen molar-refractivity contribution in [3.63, 3.8) is 0 Å². The van der Waals surface area contributed by atoms with Gasteiger partial charge in [-0.15, -0.1) is 0 Å². The highest BCUT2D eigenvalue weighted by atomic mass is 32.2. The van der Waals surface area contributed by atoms with E-state index in [0.29, 0.717) is 16.1 Å². The molecule has 2 aromatic rings. The molecule has 8 nitrogen and oxygen atoms in total. The Kier molecular flexibility index (Phi) is 7.20. The molecule has 9 heteroatoms. The maximum absolute atomic E-state index is 12.9. The minimum atomic E-state index is -0.773. The molecule has 1 aromatic heterocycles. The lowest BCUT2D eigenvalue weighted by molar-refractivity contribution is -0.120. The Labute approximate surface area is 167 Å². The van der Waals surface area contributed by atoms with Gasteiger partial charge in [0.05, 0.1) is 41.5 Å². The standard InChI is InChI=1S/C19H25N3O5S/c1-10(2)20-16(24)12(4)28-19-21-15-8-13(18(26)27-5)6-7-14(15)17(25)22(19)9-11(3)23/h6-8,10-12,23H,9H2,1-5H3,(H,20,24)/t11-,12+/m0/s1. The quantitative estimate of drug-likeness (QED) is 0.407. The van der Waals surface area contributed by atoms with Crippen LogP contribution < -0.4 is 10.9 Å². The lowest BCUT2D eigenvalue weighted by Crippen LogP contribution is -2.36. The van der Waals surface area contributed by atoms with Gasteiger partial charge in [-0.25, -0.2) is 9.78 Å². The number of esters is 1. The van der Waals surface area contributed by atoms with E-state index >= 15 is 0 Å². The van der Waals surface area contributed by atoms with Crippen LogP contribution in [0.15, 0.2) is 28.2 Å². The second kappa shape index (κ2) is 9.20.